The molecule has 0 atom stereocenters. The Kier molecular flexibility index (Phi) is 4.59. The van der Waals surface area contributed by atoms with Crippen molar-refractivity contribution in [3.05, 3.63) is 68.4 Å². The van der Waals surface area contributed by atoms with Crippen LogP contribution in [0.3, 0.4) is 0 Å². The molecule has 6 heteroatoms. The SMILES string of the molecule is O=[N+]([O-])c1ccccc1CNCc1cccc(Br)n1. The zero-order valence-corrected chi connectivity index (χ0v) is 11.6. The Morgan fingerprint density at radius 3 is 2.68 bits per heavy atom. The average Bonchev–Trinajstić information content (AvgIpc) is 2.39. The summed E-state index contributed by atoms with van der Waals surface area (Å²) in [5.41, 5.74) is 1.69. The fourth-order valence-corrected chi connectivity index (χ4v) is 2.09. The van der Waals surface area contributed by atoms with Crippen LogP contribution in [-0.2, 0) is 13.1 Å². The lowest BCUT2D eigenvalue weighted by Gasteiger charge is -2.05. The molecule has 2 rings (SSSR count). The molecule has 5 nitrogen and oxygen atoms in total. The quantitative estimate of drug-likeness (QED) is 0.522. The van der Waals surface area contributed by atoms with E-state index in [4.69, 9.17) is 0 Å². The summed E-state index contributed by atoms with van der Waals surface area (Å²) in [6.45, 7) is 0.997. The van der Waals surface area contributed by atoms with Crippen LogP contribution in [0, 0.1) is 10.1 Å². The number of halogens is 1. The second-order valence-electron chi connectivity index (χ2n) is 3.94. The number of rotatable bonds is 5. The van der Waals surface area contributed by atoms with Crippen LogP contribution in [0.15, 0.2) is 47.1 Å². The fraction of sp³-hybridized carbons (Fsp3) is 0.154. The van der Waals surface area contributed by atoms with E-state index in [0.717, 1.165) is 10.3 Å². The molecule has 1 aromatic carbocycles. The Morgan fingerprint density at radius 2 is 1.95 bits per heavy atom. The van der Waals surface area contributed by atoms with Gasteiger partial charge in [-0.05, 0) is 28.1 Å². The fourth-order valence-electron chi connectivity index (χ4n) is 1.71. The predicted molar refractivity (Wildman–Crippen MR) is 75.6 cm³/mol. The number of nitro benzene ring substituents is 1. The van der Waals surface area contributed by atoms with Gasteiger partial charge in [0.25, 0.3) is 5.69 Å². The molecule has 0 saturated carbocycles. The Hall–Kier alpha value is -1.79. The molecule has 0 spiro atoms. The summed E-state index contributed by atoms with van der Waals surface area (Å²) in [5, 5.41) is 14.0. The summed E-state index contributed by atoms with van der Waals surface area (Å²) in [7, 11) is 0. The van der Waals surface area contributed by atoms with Crippen molar-refractivity contribution in [2.75, 3.05) is 0 Å². The maximum Gasteiger partial charge on any atom is 0.273 e. The van der Waals surface area contributed by atoms with Gasteiger partial charge in [-0.1, -0.05) is 24.3 Å². The van der Waals surface area contributed by atoms with Crippen molar-refractivity contribution in [2.45, 2.75) is 13.1 Å². The second kappa shape index (κ2) is 6.40. The van der Waals surface area contributed by atoms with E-state index >= 15 is 0 Å². The summed E-state index contributed by atoms with van der Waals surface area (Å²) < 4.78 is 0.775. The molecule has 0 radical (unpaired) electrons. The molecule has 0 bridgehead atoms. The number of aromatic nitrogens is 1. The number of benzene rings is 1. The minimum atomic E-state index is -0.367. The van der Waals surface area contributed by atoms with E-state index < -0.39 is 0 Å². The number of nitro groups is 1. The summed E-state index contributed by atoms with van der Waals surface area (Å²) in [4.78, 5) is 14.8. The molecule has 0 aliphatic heterocycles. The normalized spacial score (nSPS) is 10.4. The first-order valence-corrected chi connectivity index (χ1v) is 6.50. The topological polar surface area (TPSA) is 68.1 Å². The molecule has 0 amide bonds. The Bertz CT molecular complexity index is 590. The minimum absolute atomic E-state index is 0.136. The van der Waals surface area contributed by atoms with Gasteiger partial charge in [0.05, 0.1) is 10.6 Å². The van der Waals surface area contributed by atoms with Gasteiger partial charge < -0.3 is 5.32 Å². The minimum Gasteiger partial charge on any atom is -0.307 e. The molecule has 1 heterocycles. The van der Waals surface area contributed by atoms with E-state index in [1.165, 1.54) is 6.07 Å². The maximum atomic E-state index is 10.9. The smallest absolute Gasteiger partial charge is 0.273 e. The third-order valence-electron chi connectivity index (χ3n) is 2.58. The Balaban J connectivity index is 1.98. The Morgan fingerprint density at radius 1 is 1.16 bits per heavy atom. The van der Waals surface area contributed by atoms with Crippen molar-refractivity contribution in [1.82, 2.24) is 10.3 Å². The van der Waals surface area contributed by atoms with Gasteiger partial charge in [0.2, 0.25) is 0 Å². The van der Waals surface area contributed by atoms with Crippen LogP contribution in [-0.4, -0.2) is 9.91 Å². The van der Waals surface area contributed by atoms with Crippen LogP contribution in [0.4, 0.5) is 5.69 Å². The molecule has 2 aromatic rings. The first-order chi connectivity index (χ1) is 9.16. The van der Waals surface area contributed by atoms with E-state index in [-0.39, 0.29) is 10.6 Å². The van der Waals surface area contributed by atoms with Crippen LogP contribution < -0.4 is 5.32 Å². The number of hydrogen-bond acceptors (Lipinski definition) is 4. The highest BCUT2D eigenvalue weighted by atomic mass is 79.9. The maximum absolute atomic E-state index is 10.9. The molecular formula is C13H12BrN3O2. The van der Waals surface area contributed by atoms with Gasteiger partial charge in [0.1, 0.15) is 4.60 Å². The first-order valence-electron chi connectivity index (χ1n) is 5.71. The highest BCUT2D eigenvalue weighted by molar-refractivity contribution is 9.10. The zero-order chi connectivity index (χ0) is 13.7. The molecule has 19 heavy (non-hydrogen) atoms. The molecule has 0 aliphatic rings. The molecule has 0 aliphatic carbocycles. The van der Waals surface area contributed by atoms with E-state index in [0.29, 0.717) is 18.7 Å². The molecule has 0 unspecified atom stereocenters. The molecule has 0 saturated heterocycles. The van der Waals surface area contributed by atoms with Gasteiger partial charge in [-0.3, -0.25) is 10.1 Å². The average molecular weight is 322 g/mol. The van der Waals surface area contributed by atoms with Gasteiger partial charge in [-0.25, -0.2) is 4.98 Å². The number of pyridine rings is 1. The van der Waals surface area contributed by atoms with Gasteiger partial charge in [0.15, 0.2) is 0 Å². The third kappa shape index (κ3) is 3.84. The number of para-hydroxylation sites is 1. The summed E-state index contributed by atoms with van der Waals surface area (Å²) in [5.74, 6) is 0. The number of hydrogen-bond donors (Lipinski definition) is 1. The van der Waals surface area contributed by atoms with Crippen molar-refractivity contribution < 1.29 is 4.92 Å². The van der Waals surface area contributed by atoms with Crippen LogP contribution in [0.25, 0.3) is 0 Å². The van der Waals surface area contributed by atoms with Crippen molar-refractivity contribution in [3.8, 4) is 0 Å². The van der Waals surface area contributed by atoms with E-state index in [1.807, 2.05) is 18.2 Å². The van der Waals surface area contributed by atoms with Crippen LogP contribution >= 0.6 is 15.9 Å². The highest BCUT2D eigenvalue weighted by Gasteiger charge is 2.11. The van der Waals surface area contributed by atoms with Gasteiger partial charge in [0, 0.05) is 24.7 Å². The number of nitrogens with one attached hydrogen (secondary N) is 1. The zero-order valence-electron chi connectivity index (χ0n) is 10.0. The van der Waals surface area contributed by atoms with Crippen LogP contribution in [0.1, 0.15) is 11.3 Å². The standard InChI is InChI=1S/C13H12BrN3O2/c14-13-7-3-5-11(16-13)9-15-8-10-4-1-2-6-12(10)17(18)19/h1-7,15H,8-9H2. The molecule has 1 aromatic heterocycles. The van der Waals surface area contributed by atoms with Gasteiger partial charge >= 0.3 is 0 Å². The summed E-state index contributed by atoms with van der Waals surface area (Å²) in [6, 6.07) is 12.4. The van der Waals surface area contributed by atoms with Crippen molar-refractivity contribution in [1.29, 1.82) is 0 Å². The molecule has 98 valence electrons. The van der Waals surface area contributed by atoms with Gasteiger partial charge in [-0.2, -0.15) is 0 Å². The lowest BCUT2D eigenvalue weighted by Crippen LogP contribution is -2.14. The summed E-state index contributed by atoms with van der Waals surface area (Å²) >= 11 is 3.30. The molecular weight excluding hydrogens is 310 g/mol. The van der Waals surface area contributed by atoms with Crippen molar-refractivity contribution in [3.63, 3.8) is 0 Å². The lowest BCUT2D eigenvalue weighted by molar-refractivity contribution is -0.385. The van der Waals surface area contributed by atoms with Crippen molar-refractivity contribution >= 4 is 21.6 Å². The third-order valence-corrected chi connectivity index (χ3v) is 3.02. The largest absolute Gasteiger partial charge is 0.307 e. The van der Waals surface area contributed by atoms with Gasteiger partial charge in [-0.15, -0.1) is 0 Å². The van der Waals surface area contributed by atoms with E-state index in [9.17, 15) is 10.1 Å². The molecule has 1 N–H and O–H groups in total. The monoisotopic (exact) mass is 321 g/mol. The van der Waals surface area contributed by atoms with E-state index in [2.05, 4.69) is 26.2 Å². The number of nitrogens with zero attached hydrogens (tertiary/aromatic N) is 2. The van der Waals surface area contributed by atoms with E-state index in [1.54, 1.807) is 18.2 Å². The Labute approximate surface area is 119 Å². The van der Waals surface area contributed by atoms with Crippen molar-refractivity contribution in [2.24, 2.45) is 0 Å². The van der Waals surface area contributed by atoms with Crippen LogP contribution in [0.5, 0.6) is 0 Å². The second-order valence-corrected chi connectivity index (χ2v) is 4.75. The summed E-state index contributed by atoms with van der Waals surface area (Å²) in [6.07, 6.45) is 0. The lowest BCUT2D eigenvalue weighted by atomic mass is 10.2. The highest BCUT2D eigenvalue weighted by Crippen LogP contribution is 2.17. The molecule has 0 fully saturated rings. The predicted octanol–water partition coefficient (Wildman–Crippen LogP) is 3.04. The first kappa shape index (κ1) is 13.6. The van der Waals surface area contributed by atoms with Crippen LogP contribution in [0.2, 0.25) is 0 Å².